The molecule has 0 bridgehead atoms. The highest BCUT2D eigenvalue weighted by Gasteiger charge is 2.09. The van der Waals surface area contributed by atoms with Crippen LogP contribution in [0, 0.1) is 6.92 Å². The zero-order chi connectivity index (χ0) is 12.3. The third-order valence-electron chi connectivity index (χ3n) is 2.79. The smallest absolute Gasteiger partial charge is 0.0798 e. The molecule has 0 spiro atoms. The van der Waals surface area contributed by atoms with Gasteiger partial charge in [-0.3, -0.25) is 0 Å². The number of nitrogens with zero attached hydrogens (tertiary/aromatic N) is 1. The molecule has 0 amide bonds. The van der Waals surface area contributed by atoms with Crippen LogP contribution in [0.2, 0.25) is 5.02 Å². The van der Waals surface area contributed by atoms with E-state index >= 15 is 0 Å². The molecule has 0 saturated heterocycles. The van der Waals surface area contributed by atoms with Gasteiger partial charge in [0.2, 0.25) is 0 Å². The Labute approximate surface area is 111 Å². The van der Waals surface area contributed by atoms with Crippen molar-refractivity contribution in [3.63, 3.8) is 0 Å². The Hall–Kier alpha value is -0.900. The van der Waals surface area contributed by atoms with Gasteiger partial charge in [-0.25, -0.2) is 4.98 Å². The predicted octanol–water partition coefficient (Wildman–Crippen LogP) is 3.96. The van der Waals surface area contributed by atoms with Crippen molar-refractivity contribution in [3.8, 4) is 0 Å². The topological polar surface area (TPSA) is 24.9 Å². The zero-order valence-electron chi connectivity index (χ0n) is 9.90. The molecule has 0 aliphatic heterocycles. The summed E-state index contributed by atoms with van der Waals surface area (Å²) < 4.78 is 0. The van der Waals surface area contributed by atoms with Crippen molar-refractivity contribution in [2.24, 2.45) is 0 Å². The van der Waals surface area contributed by atoms with Gasteiger partial charge in [0, 0.05) is 22.5 Å². The van der Waals surface area contributed by atoms with E-state index in [4.69, 9.17) is 11.6 Å². The van der Waals surface area contributed by atoms with Crippen LogP contribution in [-0.4, -0.2) is 4.98 Å². The van der Waals surface area contributed by atoms with E-state index in [0.717, 1.165) is 22.8 Å². The van der Waals surface area contributed by atoms with E-state index in [2.05, 4.69) is 23.3 Å². The Balaban J connectivity index is 2.01. The Morgan fingerprint density at radius 3 is 2.82 bits per heavy atom. The van der Waals surface area contributed by atoms with Crippen LogP contribution >= 0.6 is 22.9 Å². The van der Waals surface area contributed by atoms with Gasteiger partial charge in [0.05, 0.1) is 11.2 Å². The predicted molar refractivity (Wildman–Crippen MR) is 73.6 cm³/mol. The summed E-state index contributed by atoms with van der Waals surface area (Å²) in [5.74, 6) is 0. The summed E-state index contributed by atoms with van der Waals surface area (Å²) in [7, 11) is 0. The Morgan fingerprint density at radius 1 is 1.41 bits per heavy atom. The Morgan fingerprint density at radius 2 is 2.18 bits per heavy atom. The van der Waals surface area contributed by atoms with Crippen molar-refractivity contribution < 1.29 is 0 Å². The van der Waals surface area contributed by atoms with Crippen LogP contribution in [0.15, 0.2) is 29.8 Å². The number of halogens is 1. The fourth-order valence-electron chi connectivity index (χ4n) is 1.68. The molecule has 1 aromatic heterocycles. The maximum absolute atomic E-state index is 6.16. The lowest BCUT2D eigenvalue weighted by molar-refractivity contribution is 0.577. The molecule has 1 aromatic carbocycles. The van der Waals surface area contributed by atoms with Gasteiger partial charge in [-0.15, -0.1) is 11.3 Å². The lowest BCUT2D eigenvalue weighted by Crippen LogP contribution is -2.18. The van der Waals surface area contributed by atoms with Gasteiger partial charge in [-0.2, -0.15) is 0 Å². The summed E-state index contributed by atoms with van der Waals surface area (Å²) in [5, 5.41) is 4.28. The highest BCUT2D eigenvalue weighted by molar-refractivity contribution is 7.09. The van der Waals surface area contributed by atoms with Gasteiger partial charge in [0.15, 0.2) is 0 Å². The highest BCUT2D eigenvalue weighted by atomic mass is 35.5. The molecule has 1 atom stereocenters. The van der Waals surface area contributed by atoms with Crippen LogP contribution in [0.1, 0.15) is 29.1 Å². The van der Waals surface area contributed by atoms with E-state index in [9.17, 15) is 0 Å². The third kappa shape index (κ3) is 3.06. The second kappa shape index (κ2) is 5.63. The number of hydrogen-bond acceptors (Lipinski definition) is 3. The summed E-state index contributed by atoms with van der Waals surface area (Å²) in [6.45, 7) is 4.99. The standard InChI is InChI=1S/C13H15ClN2S/c1-9(11-5-3-4-6-12(11)14)15-7-13-10(2)16-8-17-13/h3-6,8-9,15H,7H2,1-2H3/t9-/m1/s1. The van der Waals surface area contributed by atoms with Gasteiger partial charge in [-0.1, -0.05) is 29.8 Å². The Bertz CT molecular complexity index is 496. The molecule has 0 fully saturated rings. The second-order valence-corrected chi connectivity index (χ2v) is 5.33. The SMILES string of the molecule is Cc1ncsc1CN[C@H](C)c1ccccc1Cl. The summed E-state index contributed by atoms with van der Waals surface area (Å²) in [4.78, 5) is 5.52. The molecule has 1 N–H and O–H groups in total. The van der Waals surface area contributed by atoms with Crippen LogP contribution in [0.5, 0.6) is 0 Å². The van der Waals surface area contributed by atoms with Gasteiger partial charge < -0.3 is 5.32 Å². The van der Waals surface area contributed by atoms with Crippen molar-refractivity contribution in [1.29, 1.82) is 0 Å². The Kier molecular flexibility index (Phi) is 4.15. The molecule has 0 radical (unpaired) electrons. The maximum atomic E-state index is 6.16. The summed E-state index contributed by atoms with van der Waals surface area (Å²) in [5.41, 5.74) is 4.12. The minimum Gasteiger partial charge on any atom is -0.305 e. The van der Waals surface area contributed by atoms with Crippen LogP contribution in [0.25, 0.3) is 0 Å². The first-order chi connectivity index (χ1) is 8.18. The highest BCUT2D eigenvalue weighted by Crippen LogP contribution is 2.23. The van der Waals surface area contributed by atoms with Gasteiger partial charge in [0.1, 0.15) is 0 Å². The van der Waals surface area contributed by atoms with E-state index < -0.39 is 0 Å². The minimum absolute atomic E-state index is 0.241. The number of aryl methyl sites for hydroxylation is 1. The van der Waals surface area contributed by atoms with E-state index in [-0.39, 0.29) is 6.04 Å². The first kappa shape index (κ1) is 12.6. The van der Waals surface area contributed by atoms with Crippen molar-refractivity contribution >= 4 is 22.9 Å². The van der Waals surface area contributed by atoms with Crippen LogP contribution in [0.3, 0.4) is 0 Å². The summed E-state index contributed by atoms with van der Waals surface area (Å²) in [6.07, 6.45) is 0. The van der Waals surface area contributed by atoms with E-state index in [1.54, 1.807) is 11.3 Å². The number of aromatic nitrogens is 1. The number of rotatable bonds is 4. The molecular weight excluding hydrogens is 252 g/mol. The van der Waals surface area contributed by atoms with E-state index in [1.807, 2.05) is 30.6 Å². The van der Waals surface area contributed by atoms with Crippen molar-refractivity contribution in [2.75, 3.05) is 0 Å². The molecule has 0 aliphatic rings. The molecule has 0 saturated carbocycles. The molecule has 4 heteroatoms. The van der Waals surface area contributed by atoms with Gasteiger partial charge in [0.25, 0.3) is 0 Å². The molecule has 0 aliphatic carbocycles. The number of hydrogen-bond donors (Lipinski definition) is 1. The van der Waals surface area contributed by atoms with Gasteiger partial charge in [-0.05, 0) is 25.5 Å². The molecule has 2 rings (SSSR count). The van der Waals surface area contributed by atoms with Crippen LogP contribution in [0.4, 0.5) is 0 Å². The van der Waals surface area contributed by atoms with Gasteiger partial charge >= 0.3 is 0 Å². The molecule has 2 nitrogen and oxygen atoms in total. The minimum atomic E-state index is 0.241. The lowest BCUT2D eigenvalue weighted by Gasteiger charge is -2.15. The molecule has 1 heterocycles. The zero-order valence-corrected chi connectivity index (χ0v) is 11.5. The number of benzene rings is 1. The van der Waals surface area contributed by atoms with E-state index in [0.29, 0.717) is 0 Å². The largest absolute Gasteiger partial charge is 0.305 e. The fourth-order valence-corrected chi connectivity index (χ4v) is 2.71. The second-order valence-electron chi connectivity index (χ2n) is 3.99. The molecule has 2 aromatic rings. The van der Waals surface area contributed by atoms with Crippen LogP contribution < -0.4 is 5.32 Å². The number of thiazole rings is 1. The van der Waals surface area contributed by atoms with Crippen molar-refractivity contribution in [1.82, 2.24) is 10.3 Å². The lowest BCUT2D eigenvalue weighted by atomic mass is 10.1. The molecule has 90 valence electrons. The quantitative estimate of drug-likeness (QED) is 0.906. The first-order valence-electron chi connectivity index (χ1n) is 5.55. The van der Waals surface area contributed by atoms with Crippen LogP contribution in [-0.2, 0) is 6.54 Å². The fraction of sp³-hybridized carbons (Fsp3) is 0.308. The number of nitrogens with one attached hydrogen (secondary N) is 1. The maximum Gasteiger partial charge on any atom is 0.0798 e. The van der Waals surface area contributed by atoms with Crippen molar-refractivity contribution in [3.05, 3.63) is 50.9 Å². The molecule has 17 heavy (non-hydrogen) atoms. The average Bonchev–Trinajstić information content (AvgIpc) is 2.72. The molecular formula is C13H15ClN2S. The molecule has 0 unspecified atom stereocenters. The third-order valence-corrected chi connectivity index (χ3v) is 4.06. The summed E-state index contributed by atoms with van der Waals surface area (Å²) >= 11 is 7.85. The van der Waals surface area contributed by atoms with Crippen molar-refractivity contribution in [2.45, 2.75) is 26.4 Å². The van der Waals surface area contributed by atoms with E-state index in [1.165, 1.54) is 4.88 Å². The average molecular weight is 267 g/mol. The first-order valence-corrected chi connectivity index (χ1v) is 6.81. The summed E-state index contributed by atoms with van der Waals surface area (Å²) in [6, 6.07) is 8.18. The monoisotopic (exact) mass is 266 g/mol. The normalized spacial score (nSPS) is 12.6.